The molecule has 0 heterocycles. The number of anilines is 1. The van der Waals surface area contributed by atoms with Crippen LogP contribution < -0.4 is 11.1 Å². The molecule has 2 aromatic carbocycles. The molecule has 0 fully saturated rings. The van der Waals surface area contributed by atoms with Crippen LogP contribution in [0, 0.1) is 0 Å². The van der Waals surface area contributed by atoms with Crippen LogP contribution in [0.1, 0.15) is 25.0 Å². The first kappa shape index (κ1) is 15.1. The molecule has 0 aliphatic heterocycles. The van der Waals surface area contributed by atoms with E-state index in [-0.39, 0.29) is 5.91 Å². The highest BCUT2D eigenvalue weighted by Crippen LogP contribution is 2.28. The smallest absolute Gasteiger partial charge is 0.230 e. The van der Waals surface area contributed by atoms with E-state index < -0.39 is 5.41 Å². The Morgan fingerprint density at radius 1 is 1.05 bits per heavy atom. The number of carbonyl (C=O) groups is 1. The maximum absolute atomic E-state index is 12.4. The lowest BCUT2D eigenvalue weighted by atomic mass is 9.82. The van der Waals surface area contributed by atoms with E-state index in [4.69, 9.17) is 5.73 Å². The molecule has 0 saturated carbocycles. The first-order chi connectivity index (χ1) is 10.0. The molecule has 0 aliphatic rings. The lowest BCUT2D eigenvalue weighted by Crippen LogP contribution is -2.41. The minimum Gasteiger partial charge on any atom is -0.398 e. The minimum atomic E-state index is -0.637. The molecule has 0 radical (unpaired) electrons. The molecular formula is C18H22N2O. The van der Waals surface area contributed by atoms with Gasteiger partial charge in [0.1, 0.15) is 0 Å². The Morgan fingerprint density at radius 2 is 1.67 bits per heavy atom. The third-order valence-corrected chi connectivity index (χ3v) is 3.74. The average molecular weight is 282 g/mol. The third kappa shape index (κ3) is 3.63. The van der Waals surface area contributed by atoms with Crippen LogP contribution in [0.25, 0.3) is 0 Å². The Morgan fingerprint density at radius 3 is 2.33 bits per heavy atom. The first-order valence-corrected chi connectivity index (χ1v) is 7.19. The highest BCUT2D eigenvalue weighted by Gasteiger charge is 2.30. The number of nitrogens with two attached hydrogens (primary N) is 1. The molecule has 1 amide bonds. The van der Waals surface area contributed by atoms with Gasteiger partial charge in [0.15, 0.2) is 0 Å². The number of benzene rings is 2. The van der Waals surface area contributed by atoms with E-state index in [0.717, 1.165) is 12.0 Å². The monoisotopic (exact) mass is 282 g/mol. The third-order valence-electron chi connectivity index (χ3n) is 3.74. The van der Waals surface area contributed by atoms with E-state index >= 15 is 0 Å². The van der Waals surface area contributed by atoms with Crippen LogP contribution in [0.5, 0.6) is 0 Å². The Kier molecular flexibility index (Phi) is 4.63. The number of nitrogens with one attached hydrogen (secondary N) is 1. The van der Waals surface area contributed by atoms with Crippen LogP contribution in [-0.2, 0) is 16.6 Å². The topological polar surface area (TPSA) is 55.1 Å². The van der Waals surface area contributed by atoms with E-state index in [1.807, 2.05) is 56.3 Å². The summed E-state index contributed by atoms with van der Waals surface area (Å²) in [6.07, 6.45) is 0.826. The number of hydrogen-bond acceptors (Lipinski definition) is 2. The zero-order chi connectivity index (χ0) is 15.3. The quantitative estimate of drug-likeness (QED) is 0.828. The predicted molar refractivity (Wildman–Crippen MR) is 87.0 cm³/mol. The highest BCUT2D eigenvalue weighted by molar-refractivity contribution is 5.88. The summed E-state index contributed by atoms with van der Waals surface area (Å²) in [6.45, 7) is 4.42. The maximum atomic E-state index is 12.4. The van der Waals surface area contributed by atoms with Gasteiger partial charge in [0.2, 0.25) is 5.91 Å². The van der Waals surface area contributed by atoms with Crippen LogP contribution in [0.15, 0.2) is 54.6 Å². The fourth-order valence-electron chi connectivity index (χ4n) is 2.37. The molecule has 0 unspecified atom stereocenters. The molecule has 0 aromatic heterocycles. The Balaban J connectivity index is 1.98. The highest BCUT2D eigenvalue weighted by atomic mass is 16.2. The van der Waals surface area contributed by atoms with E-state index in [0.29, 0.717) is 12.2 Å². The predicted octanol–water partition coefficient (Wildman–Crippen LogP) is 2.91. The number of nitrogen functional groups attached to an aromatic ring is 1. The van der Waals surface area contributed by atoms with E-state index in [1.165, 1.54) is 5.56 Å². The molecule has 110 valence electrons. The number of hydrogen-bond donors (Lipinski definition) is 2. The van der Waals surface area contributed by atoms with Gasteiger partial charge in [-0.2, -0.15) is 0 Å². The van der Waals surface area contributed by atoms with Gasteiger partial charge in [0, 0.05) is 12.2 Å². The molecule has 0 bridgehead atoms. The summed E-state index contributed by atoms with van der Waals surface area (Å²) in [5, 5.41) is 3.00. The average Bonchev–Trinajstić information content (AvgIpc) is 2.48. The zero-order valence-corrected chi connectivity index (χ0v) is 12.6. The summed E-state index contributed by atoms with van der Waals surface area (Å²) >= 11 is 0. The van der Waals surface area contributed by atoms with Crippen molar-refractivity contribution in [3.63, 3.8) is 0 Å². The number of para-hydroxylation sites is 1. The van der Waals surface area contributed by atoms with Gasteiger partial charge in [0.05, 0.1) is 5.41 Å². The molecule has 3 N–H and O–H groups in total. The molecule has 0 saturated heterocycles. The number of carbonyl (C=O) groups excluding carboxylic acids is 1. The first-order valence-electron chi connectivity index (χ1n) is 7.19. The molecule has 3 nitrogen and oxygen atoms in total. The molecular weight excluding hydrogens is 260 g/mol. The minimum absolute atomic E-state index is 0.00340. The van der Waals surface area contributed by atoms with Crippen LogP contribution in [0.4, 0.5) is 5.69 Å². The summed E-state index contributed by atoms with van der Waals surface area (Å²) in [6, 6.07) is 17.6. The maximum Gasteiger partial charge on any atom is 0.230 e. The van der Waals surface area contributed by atoms with Crippen molar-refractivity contribution in [3.05, 3.63) is 65.7 Å². The summed E-state index contributed by atoms with van der Waals surface area (Å²) in [7, 11) is 0. The van der Waals surface area contributed by atoms with E-state index in [9.17, 15) is 4.79 Å². The van der Waals surface area contributed by atoms with Crippen molar-refractivity contribution in [2.75, 3.05) is 12.3 Å². The van der Waals surface area contributed by atoms with Crippen molar-refractivity contribution in [2.45, 2.75) is 25.7 Å². The fraction of sp³-hybridized carbons (Fsp3) is 0.278. The van der Waals surface area contributed by atoms with Gasteiger partial charge in [-0.15, -0.1) is 0 Å². The molecule has 0 atom stereocenters. The van der Waals surface area contributed by atoms with Gasteiger partial charge in [0.25, 0.3) is 0 Å². The van der Waals surface area contributed by atoms with Gasteiger partial charge in [-0.3, -0.25) is 4.79 Å². The number of amides is 1. The van der Waals surface area contributed by atoms with E-state index in [1.54, 1.807) is 0 Å². The largest absolute Gasteiger partial charge is 0.398 e. The second-order valence-electron chi connectivity index (χ2n) is 5.70. The molecule has 0 spiro atoms. The molecule has 21 heavy (non-hydrogen) atoms. The van der Waals surface area contributed by atoms with Gasteiger partial charge in [-0.25, -0.2) is 0 Å². The fourth-order valence-corrected chi connectivity index (χ4v) is 2.37. The summed E-state index contributed by atoms with van der Waals surface area (Å²) in [5.41, 5.74) is 8.08. The molecule has 2 aromatic rings. The van der Waals surface area contributed by atoms with Crippen molar-refractivity contribution in [1.29, 1.82) is 0 Å². The van der Waals surface area contributed by atoms with E-state index in [2.05, 4.69) is 17.4 Å². The van der Waals surface area contributed by atoms with Crippen LogP contribution in [0.2, 0.25) is 0 Å². The number of rotatable bonds is 5. The lowest BCUT2D eigenvalue weighted by Gasteiger charge is -2.25. The summed E-state index contributed by atoms with van der Waals surface area (Å²) < 4.78 is 0. The lowest BCUT2D eigenvalue weighted by molar-refractivity contribution is -0.125. The Hall–Kier alpha value is -2.29. The van der Waals surface area contributed by atoms with Gasteiger partial charge < -0.3 is 11.1 Å². The van der Waals surface area contributed by atoms with Crippen molar-refractivity contribution in [3.8, 4) is 0 Å². The molecule has 3 heteroatoms. The van der Waals surface area contributed by atoms with Crippen LogP contribution >= 0.6 is 0 Å². The van der Waals surface area contributed by atoms with Crippen molar-refractivity contribution < 1.29 is 4.79 Å². The second-order valence-corrected chi connectivity index (χ2v) is 5.70. The standard InChI is InChI=1S/C18H22N2O/c1-18(2,15-10-6-7-11-16(15)19)17(21)20-13-12-14-8-4-3-5-9-14/h3-11H,12-13,19H2,1-2H3,(H,20,21). The van der Waals surface area contributed by atoms with Crippen molar-refractivity contribution in [1.82, 2.24) is 5.32 Å². The Labute approximate surface area is 126 Å². The normalized spacial score (nSPS) is 11.1. The molecule has 2 rings (SSSR count). The summed E-state index contributed by atoms with van der Waals surface area (Å²) in [5.74, 6) is -0.00340. The zero-order valence-electron chi connectivity index (χ0n) is 12.6. The summed E-state index contributed by atoms with van der Waals surface area (Å²) in [4.78, 5) is 12.4. The second kappa shape index (κ2) is 6.44. The van der Waals surface area contributed by atoms with Crippen LogP contribution in [-0.4, -0.2) is 12.5 Å². The SMILES string of the molecule is CC(C)(C(=O)NCCc1ccccc1)c1ccccc1N. The van der Waals surface area contributed by atoms with Gasteiger partial charge in [-0.1, -0.05) is 48.5 Å². The van der Waals surface area contributed by atoms with Crippen molar-refractivity contribution >= 4 is 11.6 Å². The van der Waals surface area contributed by atoms with Gasteiger partial charge in [-0.05, 0) is 37.5 Å². The van der Waals surface area contributed by atoms with Gasteiger partial charge >= 0.3 is 0 Å². The molecule has 0 aliphatic carbocycles. The van der Waals surface area contributed by atoms with Crippen LogP contribution in [0.3, 0.4) is 0 Å². The Bertz CT molecular complexity index is 606. The van der Waals surface area contributed by atoms with Crippen molar-refractivity contribution in [2.24, 2.45) is 0 Å².